The van der Waals surface area contributed by atoms with Crippen LogP contribution in [0.1, 0.15) is 78.6 Å². The maximum atomic E-state index is 3.74. The Hall–Kier alpha value is -0.0800. The predicted molar refractivity (Wildman–Crippen MR) is 88.1 cm³/mol. The molecule has 1 aliphatic heterocycles. The van der Waals surface area contributed by atoms with Crippen LogP contribution >= 0.6 is 0 Å². The summed E-state index contributed by atoms with van der Waals surface area (Å²) in [6.07, 6.45) is 12.8. The van der Waals surface area contributed by atoms with Gasteiger partial charge < -0.3 is 5.32 Å². The summed E-state index contributed by atoms with van der Waals surface area (Å²) < 4.78 is 0. The molecule has 2 fully saturated rings. The van der Waals surface area contributed by atoms with Crippen molar-refractivity contribution in [3.05, 3.63) is 0 Å². The van der Waals surface area contributed by atoms with Crippen LogP contribution in [-0.4, -0.2) is 36.1 Å². The summed E-state index contributed by atoms with van der Waals surface area (Å²) in [5.74, 6) is 1.00. The molecule has 3 atom stereocenters. The van der Waals surface area contributed by atoms with Crippen LogP contribution in [0.15, 0.2) is 0 Å². The normalized spacial score (nSPS) is 32.5. The molecule has 0 bridgehead atoms. The molecule has 1 saturated carbocycles. The number of nitrogens with zero attached hydrogens (tertiary/aromatic N) is 1. The van der Waals surface area contributed by atoms with Gasteiger partial charge in [0.25, 0.3) is 0 Å². The Morgan fingerprint density at radius 1 is 1.00 bits per heavy atom. The zero-order chi connectivity index (χ0) is 14.4. The summed E-state index contributed by atoms with van der Waals surface area (Å²) in [6, 6.07) is 2.29. The van der Waals surface area contributed by atoms with Crippen LogP contribution in [0.4, 0.5) is 0 Å². The van der Waals surface area contributed by atoms with Gasteiger partial charge in [-0.25, -0.2) is 0 Å². The van der Waals surface area contributed by atoms with Gasteiger partial charge in [0.05, 0.1) is 0 Å². The van der Waals surface area contributed by atoms with Crippen molar-refractivity contribution in [2.45, 2.75) is 96.7 Å². The van der Waals surface area contributed by atoms with Crippen LogP contribution in [0.2, 0.25) is 0 Å². The topological polar surface area (TPSA) is 15.3 Å². The van der Waals surface area contributed by atoms with Crippen LogP contribution in [0.25, 0.3) is 0 Å². The minimum atomic E-state index is 0.696. The van der Waals surface area contributed by atoms with Crippen LogP contribution in [-0.2, 0) is 0 Å². The molecule has 0 radical (unpaired) electrons. The van der Waals surface area contributed by atoms with Gasteiger partial charge >= 0.3 is 0 Å². The minimum Gasteiger partial charge on any atom is -0.313 e. The first-order chi connectivity index (χ1) is 9.70. The fourth-order valence-corrected chi connectivity index (χ4v) is 4.21. The van der Waals surface area contributed by atoms with Gasteiger partial charge in [-0.1, -0.05) is 32.6 Å². The van der Waals surface area contributed by atoms with Crippen LogP contribution < -0.4 is 5.32 Å². The number of nitrogens with one attached hydrogen (secondary N) is 1. The maximum absolute atomic E-state index is 3.74. The molecule has 2 heteroatoms. The predicted octanol–water partition coefficient (Wildman–Crippen LogP) is 4.20. The van der Waals surface area contributed by atoms with Crippen LogP contribution in [0.5, 0.6) is 0 Å². The number of hydrogen-bond donors (Lipinski definition) is 1. The van der Waals surface area contributed by atoms with Crippen molar-refractivity contribution in [2.24, 2.45) is 5.92 Å². The van der Waals surface area contributed by atoms with Crippen molar-refractivity contribution in [3.63, 3.8) is 0 Å². The van der Waals surface area contributed by atoms with Crippen LogP contribution in [0.3, 0.4) is 0 Å². The summed E-state index contributed by atoms with van der Waals surface area (Å²) in [5.41, 5.74) is 0. The van der Waals surface area contributed by atoms with Gasteiger partial charge in [-0.2, -0.15) is 0 Å². The summed E-state index contributed by atoms with van der Waals surface area (Å²) in [6.45, 7) is 9.67. The Morgan fingerprint density at radius 2 is 1.85 bits per heavy atom. The van der Waals surface area contributed by atoms with E-state index in [9.17, 15) is 0 Å². The van der Waals surface area contributed by atoms with Crippen molar-refractivity contribution in [1.82, 2.24) is 10.2 Å². The molecule has 2 aliphatic rings. The van der Waals surface area contributed by atoms with Crippen molar-refractivity contribution >= 4 is 0 Å². The molecule has 1 aliphatic carbocycles. The zero-order valence-electron chi connectivity index (χ0n) is 14.0. The molecule has 1 N–H and O–H groups in total. The van der Waals surface area contributed by atoms with E-state index >= 15 is 0 Å². The highest BCUT2D eigenvalue weighted by Gasteiger charge is 2.27. The second kappa shape index (κ2) is 8.38. The van der Waals surface area contributed by atoms with E-state index in [2.05, 4.69) is 31.0 Å². The third-order valence-corrected chi connectivity index (χ3v) is 5.61. The van der Waals surface area contributed by atoms with Crippen LogP contribution in [0, 0.1) is 5.92 Å². The summed E-state index contributed by atoms with van der Waals surface area (Å²) in [5, 5.41) is 3.74. The Balaban J connectivity index is 1.89. The van der Waals surface area contributed by atoms with Gasteiger partial charge in [0, 0.05) is 24.7 Å². The smallest absolute Gasteiger partial charge is 0.0195 e. The molecule has 0 amide bonds. The van der Waals surface area contributed by atoms with E-state index in [1.807, 2.05) is 0 Å². The Kier molecular flexibility index (Phi) is 6.83. The molecular weight excluding hydrogens is 244 g/mol. The largest absolute Gasteiger partial charge is 0.313 e. The third kappa shape index (κ3) is 4.73. The van der Waals surface area contributed by atoms with Crippen molar-refractivity contribution < 1.29 is 0 Å². The van der Waals surface area contributed by atoms with E-state index in [0.717, 1.165) is 18.0 Å². The standard InChI is InChI=1S/C18H36N2/c1-4-16-8-7-10-18(12-11-16)20(15(2)3)14-17-9-5-6-13-19-17/h15-19H,4-14H2,1-3H3. The third-order valence-electron chi connectivity index (χ3n) is 5.61. The Labute approximate surface area is 126 Å². The molecule has 3 unspecified atom stereocenters. The van der Waals surface area contributed by atoms with E-state index < -0.39 is 0 Å². The monoisotopic (exact) mass is 280 g/mol. The van der Waals surface area contributed by atoms with E-state index in [0.29, 0.717) is 6.04 Å². The first kappa shape index (κ1) is 16.3. The SMILES string of the molecule is CCC1CCCC(N(CC2CCCCN2)C(C)C)CC1. The molecule has 1 saturated heterocycles. The van der Waals surface area contributed by atoms with Gasteiger partial charge in [-0.15, -0.1) is 0 Å². The lowest BCUT2D eigenvalue weighted by Crippen LogP contribution is -2.49. The second-order valence-electron chi connectivity index (χ2n) is 7.37. The van der Waals surface area contributed by atoms with E-state index in [1.54, 1.807) is 0 Å². The molecule has 0 aromatic heterocycles. The molecule has 2 rings (SSSR count). The van der Waals surface area contributed by atoms with Gasteiger partial charge in [-0.3, -0.25) is 4.90 Å². The fourth-order valence-electron chi connectivity index (χ4n) is 4.21. The number of piperidine rings is 1. The molecule has 118 valence electrons. The van der Waals surface area contributed by atoms with Gasteiger partial charge in [-0.05, 0) is 58.4 Å². The zero-order valence-corrected chi connectivity index (χ0v) is 14.0. The minimum absolute atomic E-state index is 0.696. The lowest BCUT2D eigenvalue weighted by atomic mass is 9.97. The Bertz CT molecular complexity index is 258. The highest BCUT2D eigenvalue weighted by Crippen LogP contribution is 2.29. The van der Waals surface area contributed by atoms with Crippen molar-refractivity contribution in [3.8, 4) is 0 Å². The Morgan fingerprint density at radius 3 is 2.50 bits per heavy atom. The molecular formula is C18H36N2. The van der Waals surface area contributed by atoms with E-state index in [-0.39, 0.29) is 0 Å². The first-order valence-electron chi connectivity index (χ1n) is 9.19. The summed E-state index contributed by atoms with van der Waals surface area (Å²) in [7, 11) is 0. The van der Waals surface area contributed by atoms with Gasteiger partial charge in [0.1, 0.15) is 0 Å². The average Bonchev–Trinajstić information content (AvgIpc) is 2.71. The molecule has 0 aromatic carbocycles. The second-order valence-corrected chi connectivity index (χ2v) is 7.37. The van der Waals surface area contributed by atoms with E-state index in [4.69, 9.17) is 0 Å². The molecule has 20 heavy (non-hydrogen) atoms. The van der Waals surface area contributed by atoms with E-state index in [1.165, 1.54) is 70.9 Å². The molecule has 2 nitrogen and oxygen atoms in total. The maximum Gasteiger partial charge on any atom is 0.0195 e. The fraction of sp³-hybridized carbons (Fsp3) is 1.00. The van der Waals surface area contributed by atoms with Crippen molar-refractivity contribution in [1.29, 1.82) is 0 Å². The summed E-state index contributed by atoms with van der Waals surface area (Å²) in [4.78, 5) is 2.82. The van der Waals surface area contributed by atoms with Crippen molar-refractivity contribution in [2.75, 3.05) is 13.1 Å². The van der Waals surface area contributed by atoms with Gasteiger partial charge in [0.2, 0.25) is 0 Å². The first-order valence-corrected chi connectivity index (χ1v) is 9.19. The summed E-state index contributed by atoms with van der Waals surface area (Å²) >= 11 is 0. The molecule has 1 heterocycles. The number of rotatable bonds is 5. The lowest BCUT2D eigenvalue weighted by molar-refractivity contribution is 0.116. The van der Waals surface area contributed by atoms with Gasteiger partial charge in [0.15, 0.2) is 0 Å². The molecule has 0 aromatic rings. The average molecular weight is 281 g/mol. The highest BCUT2D eigenvalue weighted by atomic mass is 15.2. The quantitative estimate of drug-likeness (QED) is 0.759. The molecule has 0 spiro atoms. The number of hydrogen-bond acceptors (Lipinski definition) is 2. The highest BCUT2D eigenvalue weighted by molar-refractivity contribution is 4.84. The lowest BCUT2D eigenvalue weighted by Gasteiger charge is -2.38.